The maximum absolute atomic E-state index is 12.9. The SMILES string of the molecule is CC/C=C\C/C=C\C/C=C\CCCCCCCCCC(=O)OC(COC(=O)CCCCC/C=C\C/C=C\C/C=C\CC)COP(=O)(O)OCC(CO)OC(=O)CCCCCCC/C=C\C/C=C\CCCCC. The quantitative estimate of drug-likeness (QED) is 0.0197. The van der Waals surface area contributed by atoms with Crippen LogP contribution in [0.25, 0.3) is 0 Å². The van der Waals surface area contributed by atoms with Crippen LogP contribution in [-0.4, -0.2) is 66.5 Å². The molecule has 0 rings (SSSR count). The number of allylic oxidation sites excluding steroid dienone is 16. The van der Waals surface area contributed by atoms with E-state index in [1.165, 1.54) is 25.7 Å². The molecule has 0 saturated heterocycles. The average Bonchev–Trinajstić information content (AvgIpc) is 3.37. The molecule has 72 heavy (non-hydrogen) atoms. The number of phosphoric acid groups is 1. The summed E-state index contributed by atoms with van der Waals surface area (Å²) in [5.74, 6) is -1.53. The van der Waals surface area contributed by atoms with Gasteiger partial charge < -0.3 is 24.2 Å². The van der Waals surface area contributed by atoms with Crippen LogP contribution < -0.4 is 0 Å². The second-order valence-electron chi connectivity index (χ2n) is 18.3. The number of aliphatic hydroxyl groups is 1. The molecule has 412 valence electrons. The van der Waals surface area contributed by atoms with E-state index >= 15 is 0 Å². The predicted molar refractivity (Wildman–Crippen MR) is 297 cm³/mol. The van der Waals surface area contributed by atoms with Crippen molar-refractivity contribution in [2.45, 2.75) is 238 Å². The van der Waals surface area contributed by atoms with E-state index in [1.807, 2.05) is 0 Å². The van der Waals surface area contributed by atoms with Gasteiger partial charge in [-0.15, -0.1) is 0 Å². The van der Waals surface area contributed by atoms with E-state index in [1.54, 1.807) is 0 Å². The van der Waals surface area contributed by atoms with Crippen LogP contribution >= 0.6 is 7.82 Å². The van der Waals surface area contributed by atoms with Crippen LogP contribution in [0.15, 0.2) is 97.2 Å². The van der Waals surface area contributed by atoms with Crippen molar-refractivity contribution in [1.29, 1.82) is 0 Å². The van der Waals surface area contributed by atoms with Crippen molar-refractivity contribution in [3.63, 3.8) is 0 Å². The lowest BCUT2D eigenvalue weighted by molar-refractivity contribution is -0.161. The van der Waals surface area contributed by atoms with E-state index in [4.69, 9.17) is 23.3 Å². The van der Waals surface area contributed by atoms with Gasteiger partial charge in [0.1, 0.15) is 12.7 Å². The van der Waals surface area contributed by atoms with Gasteiger partial charge in [0.2, 0.25) is 0 Å². The standard InChI is InChI=1S/C60H101O11P/c1-4-7-10-13-16-19-22-25-27-28-30-33-36-39-42-45-48-51-60(64)71-57(53-67-58(62)49-46-43-40-37-34-31-24-21-18-15-12-9-6-3)55-69-72(65,66)68-54-56(52-61)70-59(63)50-47-44-41-38-35-32-29-26-23-20-17-14-11-8-5-2/h7,9-10,12,16-21,25-27,29,31,34,56-57,61H,4-6,8,11,13-15,22-24,28,30,32-33,35-55H2,1-3H3,(H,65,66)/b10-7-,12-9-,19-16-,20-17-,21-18-,27-25-,29-26-,34-31-. The third-order valence-electron chi connectivity index (χ3n) is 11.5. The molecule has 0 bridgehead atoms. The van der Waals surface area contributed by atoms with Crippen molar-refractivity contribution in [3.8, 4) is 0 Å². The molecule has 0 fully saturated rings. The maximum atomic E-state index is 12.9. The Morgan fingerprint density at radius 2 is 0.722 bits per heavy atom. The molecule has 0 saturated carbocycles. The summed E-state index contributed by atoms with van der Waals surface area (Å²) >= 11 is 0. The molecule has 0 heterocycles. The molecule has 0 aliphatic heterocycles. The second kappa shape index (κ2) is 53.7. The minimum Gasteiger partial charge on any atom is -0.462 e. The molecule has 0 spiro atoms. The van der Waals surface area contributed by atoms with Crippen molar-refractivity contribution in [1.82, 2.24) is 0 Å². The molecule has 0 aliphatic rings. The average molecular weight is 1030 g/mol. The molecular formula is C60H101O11P. The Labute approximate surface area is 438 Å². The first-order valence-corrected chi connectivity index (χ1v) is 29.6. The number of esters is 3. The van der Waals surface area contributed by atoms with Crippen LogP contribution in [0, 0.1) is 0 Å². The minimum absolute atomic E-state index is 0.144. The summed E-state index contributed by atoms with van der Waals surface area (Å²) in [4.78, 5) is 48.5. The number of unbranched alkanes of at least 4 members (excludes halogenated alkanes) is 18. The van der Waals surface area contributed by atoms with E-state index in [2.05, 4.69) is 118 Å². The molecule has 12 heteroatoms. The van der Waals surface area contributed by atoms with E-state index < -0.39 is 57.8 Å². The summed E-state index contributed by atoms with van der Waals surface area (Å²) in [6, 6.07) is 0. The molecule has 0 amide bonds. The number of carbonyl (C=O) groups excluding carboxylic acids is 3. The number of phosphoric ester groups is 1. The Morgan fingerprint density at radius 1 is 0.403 bits per heavy atom. The zero-order chi connectivity index (χ0) is 52.7. The third kappa shape index (κ3) is 51.3. The van der Waals surface area contributed by atoms with E-state index in [-0.39, 0.29) is 25.9 Å². The molecule has 3 unspecified atom stereocenters. The Hall–Kier alpha value is -3.60. The van der Waals surface area contributed by atoms with Crippen LogP contribution in [0.2, 0.25) is 0 Å². The second-order valence-corrected chi connectivity index (χ2v) is 19.8. The van der Waals surface area contributed by atoms with Crippen molar-refractivity contribution in [2.75, 3.05) is 26.4 Å². The first-order valence-electron chi connectivity index (χ1n) is 28.1. The van der Waals surface area contributed by atoms with Crippen LogP contribution in [0.5, 0.6) is 0 Å². The molecular weight excluding hydrogens is 928 g/mol. The summed E-state index contributed by atoms with van der Waals surface area (Å²) in [6.45, 7) is 4.32. The Kier molecular flexibility index (Phi) is 51.0. The van der Waals surface area contributed by atoms with Crippen LogP contribution in [0.4, 0.5) is 0 Å². The predicted octanol–water partition coefficient (Wildman–Crippen LogP) is 16.5. The van der Waals surface area contributed by atoms with Gasteiger partial charge in [-0.1, -0.05) is 189 Å². The number of hydrogen-bond donors (Lipinski definition) is 2. The van der Waals surface area contributed by atoms with Crippen LogP contribution in [0.3, 0.4) is 0 Å². The first-order chi connectivity index (χ1) is 35.2. The lowest BCUT2D eigenvalue weighted by Gasteiger charge is -2.21. The van der Waals surface area contributed by atoms with Gasteiger partial charge in [0, 0.05) is 19.3 Å². The van der Waals surface area contributed by atoms with Gasteiger partial charge in [0.25, 0.3) is 0 Å². The highest BCUT2D eigenvalue weighted by molar-refractivity contribution is 7.47. The monoisotopic (exact) mass is 1030 g/mol. The van der Waals surface area contributed by atoms with Crippen LogP contribution in [0.1, 0.15) is 226 Å². The maximum Gasteiger partial charge on any atom is 0.472 e. The highest BCUT2D eigenvalue weighted by atomic mass is 31.2. The highest BCUT2D eigenvalue weighted by Crippen LogP contribution is 2.43. The first kappa shape index (κ1) is 68.4. The fourth-order valence-electron chi connectivity index (χ4n) is 7.24. The lowest BCUT2D eigenvalue weighted by Crippen LogP contribution is -2.30. The third-order valence-corrected chi connectivity index (χ3v) is 12.4. The lowest BCUT2D eigenvalue weighted by atomic mass is 10.1. The fourth-order valence-corrected chi connectivity index (χ4v) is 8.02. The molecule has 0 aliphatic carbocycles. The summed E-state index contributed by atoms with van der Waals surface area (Å²) in [5, 5.41) is 9.81. The van der Waals surface area contributed by atoms with E-state index in [0.29, 0.717) is 19.3 Å². The summed E-state index contributed by atoms with van der Waals surface area (Å²) in [6.07, 6.45) is 62.2. The number of hydrogen-bond acceptors (Lipinski definition) is 10. The minimum atomic E-state index is -4.76. The zero-order valence-corrected chi connectivity index (χ0v) is 46.3. The highest BCUT2D eigenvalue weighted by Gasteiger charge is 2.28. The summed E-state index contributed by atoms with van der Waals surface area (Å²) < 4.78 is 39.4. The molecule has 0 aromatic rings. The van der Waals surface area contributed by atoms with Gasteiger partial charge in [-0.05, 0) is 116 Å². The number of rotatable bonds is 51. The number of aliphatic hydroxyl groups excluding tert-OH is 1. The molecule has 0 aromatic heterocycles. The Morgan fingerprint density at radius 3 is 1.12 bits per heavy atom. The van der Waals surface area contributed by atoms with Crippen molar-refractivity contribution in [3.05, 3.63) is 97.2 Å². The number of carbonyl (C=O) groups is 3. The topological polar surface area (TPSA) is 155 Å². The van der Waals surface area contributed by atoms with E-state index in [9.17, 15) is 28.9 Å². The molecule has 0 aromatic carbocycles. The smallest absolute Gasteiger partial charge is 0.462 e. The summed E-state index contributed by atoms with van der Waals surface area (Å²) in [7, 11) is -4.76. The van der Waals surface area contributed by atoms with Crippen molar-refractivity contribution in [2.24, 2.45) is 0 Å². The fraction of sp³-hybridized carbons (Fsp3) is 0.683. The van der Waals surface area contributed by atoms with Gasteiger partial charge in [0.05, 0.1) is 19.8 Å². The van der Waals surface area contributed by atoms with Gasteiger partial charge in [-0.25, -0.2) is 4.57 Å². The van der Waals surface area contributed by atoms with Gasteiger partial charge >= 0.3 is 25.7 Å². The molecule has 2 N–H and O–H groups in total. The largest absolute Gasteiger partial charge is 0.472 e. The van der Waals surface area contributed by atoms with Gasteiger partial charge in [-0.3, -0.25) is 23.4 Å². The number of ether oxygens (including phenoxy) is 3. The van der Waals surface area contributed by atoms with E-state index in [0.717, 1.165) is 141 Å². The normalized spacial score (nSPS) is 14.1. The van der Waals surface area contributed by atoms with Crippen LogP contribution in [-0.2, 0) is 42.2 Å². The van der Waals surface area contributed by atoms with Gasteiger partial charge in [-0.2, -0.15) is 0 Å². The molecule has 11 nitrogen and oxygen atoms in total. The van der Waals surface area contributed by atoms with Crippen molar-refractivity contribution >= 4 is 25.7 Å². The van der Waals surface area contributed by atoms with Gasteiger partial charge in [0.15, 0.2) is 6.10 Å². The Balaban J connectivity index is 4.78. The molecule has 3 atom stereocenters. The Bertz CT molecular complexity index is 1580. The zero-order valence-electron chi connectivity index (χ0n) is 45.4. The van der Waals surface area contributed by atoms with Crippen molar-refractivity contribution < 1.29 is 52.2 Å². The summed E-state index contributed by atoms with van der Waals surface area (Å²) in [5.41, 5.74) is 0. The molecule has 0 radical (unpaired) electrons.